The number of hydrogen-bond donors (Lipinski definition) is 1. The highest BCUT2D eigenvalue weighted by Crippen LogP contribution is 2.25. The zero-order chi connectivity index (χ0) is 20.4. The highest BCUT2D eigenvalue weighted by atomic mass is 16.5. The molecule has 2 aromatic rings. The number of pyridine rings is 1. The van der Waals surface area contributed by atoms with E-state index >= 15 is 0 Å². The predicted octanol–water partition coefficient (Wildman–Crippen LogP) is 1.20. The molecule has 3 amide bonds. The van der Waals surface area contributed by atoms with E-state index < -0.39 is 6.04 Å². The molecule has 1 aromatic carbocycles. The van der Waals surface area contributed by atoms with Gasteiger partial charge in [0.15, 0.2) is 0 Å². The molecule has 1 atom stereocenters. The Bertz CT molecular complexity index is 961. The Morgan fingerprint density at radius 3 is 2.66 bits per heavy atom. The van der Waals surface area contributed by atoms with Gasteiger partial charge in [0.25, 0.3) is 5.91 Å². The molecule has 0 aliphatic carbocycles. The van der Waals surface area contributed by atoms with Crippen molar-refractivity contribution in [1.82, 2.24) is 20.1 Å². The summed E-state index contributed by atoms with van der Waals surface area (Å²) in [5, 5.41) is 3.59. The van der Waals surface area contributed by atoms with Gasteiger partial charge in [-0.05, 0) is 25.0 Å². The number of methoxy groups -OCH3 is 1. The highest BCUT2D eigenvalue weighted by Gasteiger charge is 2.32. The lowest BCUT2D eigenvalue weighted by Gasteiger charge is -2.24. The van der Waals surface area contributed by atoms with E-state index in [0.717, 1.165) is 5.39 Å². The Balaban J connectivity index is 1.48. The van der Waals surface area contributed by atoms with E-state index in [4.69, 9.17) is 4.74 Å². The molecule has 1 N–H and O–H groups in total. The zero-order valence-corrected chi connectivity index (χ0v) is 16.4. The summed E-state index contributed by atoms with van der Waals surface area (Å²) in [5.74, 6) is 0.307. The fourth-order valence-corrected chi connectivity index (χ4v) is 3.94. The third-order valence-electron chi connectivity index (χ3n) is 5.51. The molecular formula is C21H24N4O4. The summed E-state index contributed by atoms with van der Waals surface area (Å²) in [6, 6.07) is 8.78. The molecule has 29 heavy (non-hydrogen) atoms. The lowest BCUT2D eigenvalue weighted by molar-refractivity contribution is -0.134. The van der Waals surface area contributed by atoms with Crippen molar-refractivity contribution in [2.24, 2.45) is 0 Å². The van der Waals surface area contributed by atoms with E-state index in [-0.39, 0.29) is 17.7 Å². The van der Waals surface area contributed by atoms with E-state index in [0.29, 0.717) is 62.4 Å². The van der Waals surface area contributed by atoms with Crippen LogP contribution < -0.4 is 10.1 Å². The van der Waals surface area contributed by atoms with Crippen molar-refractivity contribution in [3.63, 3.8) is 0 Å². The van der Waals surface area contributed by atoms with Gasteiger partial charge in [-0.2, -0.15) is 0 Å². The Hall–Kier alpha value is -3.16. The average Bonchev–Trinajstić information content (AvgIpc) is 3.03. The summed E-state index contributed by atoms with van der Waals surface area (Å²) in [5.41, 5.74) is 1.04. The van der Waals surface area contributed by atoms with Crippen LogP contribution in [0.2, 0.25) is 0 Å². The largest absolute Gasteiger partial charge is 0.496 e. The zero-order valence-electron chi connectivity index (χ0n) is 16.4. The van der Waals surface area contributed by atoms with E-state index in [1.54, 1.807) is 23.0 Å². The van der Waals surface area contributed by atoms with Crippen LogP contribution in [0.5, 0.6) is 5.75 Å². The smallest absolute Gasteiger partial charge is 0.272 e. The van der Waals surface area contributed by atoms with Gasteiger partial charge in [0.1, 0.15) is 17.5 Å². The Kier molecular flexibility index (Phi) is 5.33. The fourth-order valence-electron chi connectivity index (χ4n) is 3.94. The molecular weight excluding hydrogens is 372 g/mol. The molecule has 2 fully saturated rings. The third kappa shape index (κ3) is 3.87. The van der Waals surface area contributed by atoms with Crippen molar-refractivity contribution in [2.45, 2.75) is 25.3 Å². The lowest BCUT2D eigenvalue weighted by Crippen LogP contribution is -2.46. The van der Waals surface area contributed by atoms with Crippen LogP contribution in [0, 0.1) is 0 Å². The van der Waals surface area contributed by atoms with Crippen LogP contribution in [-0.4, -0.2) is 71.8 Å². The second-order valence-electron chi connectivity index (χ2n) is 7.36. The molecule has 152 valence electrons. The Labute approximate surface area is 168 Å². The van der Waals surface area contributed by atoms with Crippen molar-refractivity contribution in [3.8, 4) is 5.75 Å². The summed E-state index contributed by atoms with van der Waals surface area (Å²) in [4.78, 5) is 45.1. The monoisotopic (exact) mass is 396 g/mol. The van der Waals surface area contributed by atoms with E-state index in [2.05, 4.69) is 10.3 Å². The van der Waals surface area contributed by atoms with E-state index in [1.165, 1.54) is 0 Å². The quantitative estimate of drug-likeness (QED) is 0.842. The van der Waals surface area contributed by atoms with Gasteiger partial charge in [0.2, 0.25) is 11.8 Å². The number of rotatable bonds is 3. The van der Waals surface area contributed by atoms with Gasteiger partial charge in [0, 0.05) is 44.1 Å². The second kappa shape index (κ2) is 8.06. The number of carbonyl (C=O) groups is 3. The molecule has 3 heterocycles. The van der Waals surface area contributed by atoms with Crippen molar-refractivity contribution < 1.29 is 19.1 Å². The maximum Gasteiger partial charge on any atom is 0.272 e. The lowest BCUT2D eigenvalue weighted by atomic mass is 10.1. The molecule has 0 saturated carbocycles. The summed E-state index contributed by atoms with van der Waals surface area (Å²) in [6.45, 7) is 2.00. The first kappa shape index (κ1) is 19.2. The molecule has 8 nitrogen and oxygen atoms in total. The maximum atomic E-state index is 13.1. The van der Waals surface area contributed by atoms with Crippen LogP contribution in [0.3, 0.4) is 0 Å². The van der Waals surface area contributed by atoms with Gasteiger partial charge >= 0.3 is 0 Å². The first-order valence-corrected chi connectivity index (χ1v) is 9.88. The van der Waals surface area contributed by atoms with Gasteiger partial charge in [-0.15, -0.1) is 0 Å². The number of hydrogen-bond acceptors (Lipinski definition) is 5. The predicted molar refractivity (Wildman–Crippen MR) is 107 cm³/mol. The van der Waals surface area contributed by atoms with Crippen LogP contribution >= 0.6 is 0 Å². The number of amides is 3. The van der Waals surface area contributed by atoms with Crippen LogP contribution in [0.1, 0.15) is 29.8 Å². The number of fused-ring (bicyclic) bond motifs is 1. The normalized spacial score (nSPS) is 19.8. The Morgan fingerprint density at radius 1 is 1.14 bits per heavy atom. The average molecular weight is 396 g/mol. The van der Waals surface area contributed by atoms with Gasteiger partial charge in [0.05, 0.1) is 12.6 Å². The topological polar surface area (TPSA) is 91.8 Å². The highest BCUT2D eigenvalue weighted by molar-refractivity contribution is 5.97. The first-order valence-electron chi connectivity index (χ1n) is 9.88. The van der Waals surface area contributed by atoms with Gasteiger partial charge in [-0.25, -0.2) is 4.98 Å². The van der Waals surface area contributed by atoms with Crippen molar-refractivity contribution in [3.05, 3.63) is 36.0 Å². The van der Waals surface area contributed by atoms with Gasteiger partial charge < -0.3 is 19.9 Å². The molecule has 0 spiro atoms. The fraction of sp³-hybridized carbons (Fsp3) is 0.429. The standard InChI is InChI=1S/C21H24N4O4/c1-29-18-13-17(22-15-6-3-2-5-14(15)18)21(28)25-10-4-9-24(11-12-25)20(27)16-7-8-19(26)23-16/h2-3,5-6,13,16H,4,7-12H2,1H3,(H,23,26). The summed E-state index contributed by atoms with van der Waals surface area (Å²) in [6.07, 6.45) is 1.62. The molecule has 0 radical (unpaired) electrons. The van der Waals surface area contributed by atoms with E-state index in [1.807, 2.05) is 24.3 Å². The molecule has 1 unspecified atom stereocenters. The van der Waals surface area contributed by atoms with Crippen LogP contribution in [0.4, 0.5) is 0 Å². The number of benzene rings is 1. The van der Waals surface area contributed by atoms with Crippen molar-refractivity contribution in [2.75, 3.05) is 33.3 Å². The number of nitrogens with one attached hydrogen (secondary N) is 1. The molecule has 4 rings (SSSR count). The summed E-state index contributed by atoms with van der Waals surface area (Å²) >= 11 is 0. The minimum atomic E-state index is -0.434. The van der Waals surface area contributed by atoms with Crippen LogP contribution in [0.25, 0.3) is 10.9 Å². The van der Waals surface area contributed by atoms with Crippen molar-refractivity contribution in [1.29, 1.82) is 0 Å². The SMILES string of the molecule is COc1cc(C(=O)N2CCCN(C(=O)C3CCC(=O)N3)CC2)nc2ccccc12. The number of para-hydroxylation sites is 1. The summed E-state index contributed by atoms with van der Waals surface area (Å²) < 4.78 is 5.45. The number of nitrogens with zero attached hydrogens (tertiary/aromatic N) is 3. The molecule has 2 aliphatic heterocycles. The summed E-state index contributed by atoms with van der Waals surface area (Å²) in [7, 11) is 1.58. The minimum Gasteiger partial charge on any atom is -0.496 e. The molecule has 2 saturated heterocycles. The third-order valence-corrected chi connectivity index (χ3v) is 5.51. The maximum absolute atomic E-state index is 13.1. The number of aromatic nitrogens is 1. The van der Waals surface area contributed by atoms with Crippen molar-refractivity contribution >= 4 is 28.6 Å². The van der Waals surface area contributed by atoms with Gasteiger partial charge in [-0.3, -0.25) is 14.4 Å². The molecule has 0 bridgehead atoms. The Morgan fingerprint density at radius 2 is 1.90 bits per heavy atom. The number of carbonyl (C=O) groups excluding carboxylic acids is 3. The molecule has 1 aromatic heterocycles. The van der Waals surface area contributed by atoms with E-state index in [9.17, 15) is 14.4 Å². The van der Waals surface area contributed by atoms with Crippen LogP contribution in [-0.2, 0) is 9.59 Å². The van der Waals surface area contributed by atoms with Gasteiger partial charge in [-0.1, -0.05) is 12.1 Å². The minimum absolute atomic E-state index is 0.0596. The first-order chi connectivity index (χ1) is 14.1. The number of ether oxygens (including phenoxy) is 1. The second-order valence-corrected chi connectivity index (χ2v) is 7.36. The molecule has 2 aliphatic rings. The molecule has 8 heteroatoms. The van der Waals surface area contributed by atoms with Crippen LogP contribution in [0.15, 0.2) is 30.3 Å².